The van der Waals surface area contributed by atoms with E-state index in [9.17, 15) is 4.79 Å². The molecule has 1 N–H and O–H groups in total. The number of aromatic nitrogens is 3. The first-order valence-corrected chi connectivity index (χ1v) is 4.76. The average Bonchev–Trinajstić information content (AvgIpc) is 2.69. The molecular weight excluding hydrogens is 224 g/mol. The van der Waals surface area contributed by atoms with E-state index in [1.165, 1.54) is 24.2 Å². The van der Waals surface area contributed by atoms with Crippen molar-refractivity contribution >= 4 is 23.2 Å². The molecule has 7 heteroatoms. The topological polar surface area (TPSA) is 89.6 Å². The van der Waals surface area contributed by atoms with Crippen LogP contribution in [0.3, 0.4) is 0 Å². The lowest BCUT2D eigenvalue weighted by Crippen LogP contribution is -2.02. The van der Waals surface area contributed by atoms with Gasteiger partial charge in [-0.2, -0.15) is 15.0 Å². The molecule has 0 aliphatic carbocycles. The Labute approximate surface area is 96.3 Å². The van der Waals surface area contributed by atoms with Crippen molar-refractivity contribution in [3.8, 4) is 0 Å². The number of nitrogens with zero attached hydrogens (tertiary/aromatic N) is 4. The van der Waals surface area contributed by atoms with Gasteiger partial charge >= 0.3 is 5.97 Å². The highest BCUT2D eigenvalue weighted by Crippen LogP contribution is 2.17. The van der Waals surface area contributed by atoms with Crippen LogP contribution in [0.2, 0.25) is 0 Å². The molecule has 0 amide bonds. The molecule has 0 aliphatic heterocycles. The third-order valence-corrected chi connectivity index (χ3v) is 2.23. The maximum atomic E-state index is 11.4. The van der Waals surface area contributed by atoms with Crippen molar-refractivity contribution in [2.45, 2.75) is 0 Å². The van der Waals surface area contributed by atoms with Gasteiger partial charge in [0.05, 0.1) is 18.9 Å². The van der Waals surface area contributed by atoms with Crippen molar-refractivity contribution in [3.63, 3.8) is 0 Å². The number of methoxy groups -OCH3 is 1. The molecule has 0 saturated carbocycles. The molecule has 88 valence electrons. The molecule has 0 radical (unpaired) electrons. The predicted molar refractivity (Wildman–Crippen MR) is 59.2 cm³/mol. The summed E-state index contributed by atoms with van der Waals surface area (Å²) >= 11 is 0. The Morgan fingerprint density at radius 1 is 1.53 bits per heavy atom. The smallest absolute Gasteiger partial charge is 0.337 e. The number of hydrogen-bond donors (Lipinski definition) is 1. The summed E-state index contributed by atoms with van der Waals surface area (Å²) in [5.41, 5.74) is 1.91. The first-order valence-electron chi connectivity index (χ1n) is 4.76. The summed E-state index contributed by atoms with van der Waals surface area (Å²) in [4.78, 5) is 12.8. The Kier molecular flexibility index (Phi) is 2.73. The molecule has 0 saturated heterocycles. The largest absolute Gasteiger partial charge is 0.465 e. The Hall–Kier alpha value is -2.44. The fourth-order valence-corrected chi connectivity index (χ4v) is 1.55. The molecule has 0 bridgehead atoms. The van der Waals surface area contributed by atoms with Gasteiger partial charge in [-0.25, -0.2) is 4.79 Å². The molecule has 0 fully saturated rings. The summed E-state index contributed by atoms with van der Waals surface area (Å²) in [6, 6.07) is 3.10. The molecule has 2 aromatic rings. The van der Waals surface area contributed by atoms with Gasteiger partial charge in [0.15, 0.2) is 0 Å². The molecule has 7 nitrogen and oxygen atoms in total. The summed E-state index contributed by atoms with van der Waals surface area (Å²) in [6.45, 7) is 0. The summed E-state index contributed by atoms with van der Waals surface area (Å²) in [7, 11) is 2.96. The van der Waals surface area contributed by atoms with E-state index in [0.29, 0.717) is 22.2 Å². The van der Waals surface area contributed by atoms with E-state index in [2.05, 4.69) is 20.1 Å². The zero-order valence-corrected chi connectivity index (χ0v) is 9.28. The van der Waals surface area contributed by atoms with Crippen LogP contribution in [0.1, 0.15) is 15.9 Å². The Morgan fingerprint density at radius 3 is 2.94 bits per heavy atom. The number of fused-ring (bicyclic) bond motifs is 1. The van der Waals surface area contributed by atoms with Gasteiger partial charge in [-0.3, -0.25) is 0 Å². The number of esters is 1. The molecule has 0 atom stereocenters. The minimum atomic E-state index is -0.481. The van der Waals surface area contributed by atoms with Crippen LogP contribution in [0, 0.1) is 0 Å². The van der Waals surface area contributed by atoms with Crippen LogP contribution in [0.5, 0.6) is 0 Å². The highest BCUT2D eigenvalue weighted by molar-refractivity contribution is 6.01. The predicted octanol–water partition coefficient (Wildman–Crippen LogP) is 0.563. The second kappa shape index (κ2) is 4.20. The normalized spacial score (nSPS) is 11.2. The van der Waals surface area contributed by atoms with Crippen LogP contribution >= 0.6 is 0 Å². The monoisotopic (exact) mass is 234 g/mol. The van der Waals surface area contributed by atoms with E-state index >= 15 is 0 Å². The first-order chi connectivity index (χ1) is 8.15. The third-order valence-electron chi connectivity index (χ3n) is 2.23. The number of hydrogen-bond acceptors (Lipinski definition) is 6. The highest BCUT2D eigenvalue weighted by Gasteiger charge is 2.13. The van der Waals surface area contributed by atoms with Crippen molar-refractivity contribution in [1.82, 2.24) is 15.0 Å². The van der Waals surface area contributed by atoms with Gasteiger partial charge in [0.1, 0.15) is 11.0 Å². The second-order valence-corrected chi connectivity index (χ2v) is 3.36. The zero-order valence-electron chi connectivity index (χ0n) is 9.28. The van der Waals surface area contributed by atoms with Crippen molar-refractivity contribution in [2.75, 3.05) is 7.11 Å². The molecule has 1 aromatic carbocycles. The maximum absolute atomic E-state index is 11.4. The summed E-state index contributed by atoms with van der Waals surface area (Å²) in [5, 5.41) is 19.7. The SMILES string of the molecule is COC(=O)c1cc(C=NO)c2nn(C)nc2c1. The molecule has 2 rings (SSSR count). The number of carbonyl (C=O) groups excluding carboxylic acids is 1. The van der Waals surface area contributed by atoms with E-state index in [1.54, 1.807) is 13.1 Å². The number of ether oxygens (including phenoxy) is 1. The Balaban J connectivity index is 2.70. The van der Waals surface area contributed by atoms with Gasteiger partial charge < -0.3 is 9.94 Å². The molecule has 17 heavy (non-hydrogen) atoms. The number of oxime groups is 1. The number of benzene rings is 1. The quantitative estimate of drug-likeness (QED) is 0.355. The van der Waals surface area contributed by atoms with Gasteiger partial charge in [-0.15, -0.1) is 0 Å². The first kappa shape index (κ1) is 11.1. The molecule has 1 aromatic heterocycles. The fraction of sp³-hybridized carbons (Fsp3) is 0.200. The lowest BCUT2D eigenvalue weighted by Gasteiger charge is -2.00. The van der Waals surface area contributed by atoms with Crippen molar-refractivity contribution in [1.29, 1.82) is 0 Å². The van der Waals surface area contributed by atoms with Crippen LogP contribution in [0.25, 0.3) is 11.0 Å². The molecule has 0 spiro atoms. The summed E-state index contributed by atoms with van der Waals surface area (Å²) in [5.74, 6) is -0.481. The lowest BCUT2D eigenvalue weighted by atomic mass is 10.1. The zero-order chi connectivity index (χ0) is 12.4. The standard InChI is InChI=1S/C10H10N4O3/c1-14-12-8-4-6(10(15)17-2)3-7(5-11-16)9(8)13-14/h3-5,16H,1-2H3. The number of aryl methyl sites for hydroxylation is 1. The van der Waals surface area contributed by atoms with Gasteiger partial charge in [0.2, 0.25) is 0 Å². The van der Waals surface area contributed by atoms with Crippen LogP contribution in [-0.2, 0) is 11.8 Å². The van der Waals surface area contributed by atoms with E-state index in [-0.39, 0.29) is 0 Å². The van der Waals surface area contributed by atoms with Crippen LogP contribution < -0.4 is 0 Å². The Bertz CT molecular complexity index is 603. The maximum Gasteiger partial charge on any atom is 0.337 e. The fourth-order valence-electron chi connectivity index (χ4n) is 1.55. The van der Waals surface area contributed by atoms with Gasteiger partial charge in [0.25, 0.3) is 0 Å². The van der Waals surface area contributed by atoms with Crippen LogP contribution in [0.15, 0.2) is 17.3 Å². The van der Waals surface area contributed by atoms with E-state index < -0.39 is 5.97 Å². The van der Waals surface area contributed by atoms with Crippen molar-refractivity contribution in [2.24, 2.45) is 12.2 Å². The number of rotatable bonds is 2. The number of carbonyl (C=O) groups is 1. The average molecular weight is 234 g/mol. The van der Waals surface area contributed by atoms with Crippen LogP contribution in [-0.4, -0.2) is 39.5 Å². The minimum Gasteiger partial charge on any atom is -0.465 e. The van der Waals surface area contributed by atoms with E-state index in [0.717, 1.165) is 0 Å². The third kappa shape index (κ3) is 1.94. The molecule has 1 heterocycles. The molecule has 0 aliphatic rings. The molecule has 0 unspecified atom stereocenters. The minimum absolute atomic E-state index is 0.329. The highest BCUT2D eigenvalue weighted by atomic mass is 16.5. The molecular formula is C10H10N4O3. The van der Waals surface area contributed by atoms with Gasteiger partial charge in [0, 0.05) is 12.6 Å². The van der Waals surface area contributed by atoms with E-state index in [4.69, 9.17) is 5.21 Å². The second-order valence-electron chi connectivity index (χ2n) is 3.36. The van der Waals surface area contributed by atoms with Gasteiger partial charge in [-0.05, 0) is 12.1 Å². The summed E-state index contributed by atoms with van der Waals surface area (Å²) in [6.07, 6.45) is 1.20. The van der Waals surface area contributed by atoms with E-state index in [1.807, 2.05) is 0 Å². The van der Waals surface area contributed by atoms with Crippen molar-refractivity contribution < 1.29 is 14.7 Å². The summed E-state index contributed by atoms with van der Waals surface area (Å²) < 4.78 is 4.62. The lowest BCUT2D eigenvalue weighted by molar-refractivity contribution is 0.0601. The Morgan fingerprint density at radius 2 is 2.29 bits per heavy atom. The van der Waals surface area contributed by atoms with Crippen molar-refractivity contribution in [3.05, 3.63) is 23.3 Å². The van der Waals surface area contributed by atoms with Gasteiger partial charge in [-0.1, -0.05) is 5.16 Å². The van der Waals surface area contributed by atoms with Crippen LogP contribution in [0.4, 0.5) is 0 Å².